The molecule has 5 heteroatoms. The van der Waals surface area contributed by atoms with Gasteiger partial charge < -0.3 is 0 Å². The van der Waals surface area contributed by atoms with E-state index < -0.39 is 0 Å². The van der Waals surface area contributed by atoms with Crippen LogP contribution in [0.3, 0.4) is 0 Å². The van der Waals surface area contributed by atoms with Gasteiger partial charge in [0.25, 0.3) is 0 Å². The third-order valence-corrected chi connectivity index (χ3v) is 14.1. The van der Waals surface area contributed by atoms with Crippen molar-refractivity contribution in [3.63, 3.8) is 0 Å². The molecular formula is C52H29N3S2. The monoisotopic (exact) mass is 759 g/mol. The SMILES string of the molecule is c1ccc(-c2cccc(-c3nc(-n4c5ccccc5c5c6c7ccccc7c7ccccc7c6c6c7ccccc7sc6c54)nc4c3sc3ccccc34)c2)cc1. The zero-order valence-electron chi connectivity index (χ0n) is 30.4. The normalized spacial score (nSPS) is 12.2. The average molecular weight is 760 g/mol. The van der Waals surface area contributed by atoms with Crippen LogP contribution in [0.2, 0.25) is 0 Å². The second kappa shape index (κ2) is 11.8. The largest absolute Gasteiger partial charge is 0.276 e. The lowest BCUT2D eigenvalue weighted by Crippen LogP contribution is -2.03. The molecule has 0 aliphatic heterocycles. The quantitative estimate of drug-likeness (QED) is 0.168. The first-order valence-electron chi connectivity index (χ1n) is 19.3. The van der Waals surface area contributed by atoms with Crippen molar-refractivity contribution in [1.29, 1.82) is 0 Å². The molecule has 264 valence electrons. The minimum Gasteiger partial charge on any atom is -0.276 e. The fourth-order valence-electron chi connectivity index (χ4n) is 9.39. The molecule has 0 aliphatic carbocycles. The number of rotatable bonds is 3. The molecule has 0 saturated heterocycles. The molecule has 0 saturated carbocycles. The van der Waals surface area contributed by atoms with Crippen molar-refractivity contribution in [3.8, 4) is 28.3 Å². The van der Waals surface area contributed by atoms with Gasteiger partial charge in [-0.15, -0.1) is 22.7 Å². The highest BCUT2D eigenvalue weighted by Gasteiger charge is 2.26. The van der Waals surface area contributed by atoms with Crippen LogP contribution < -0.4 is 0 Å². The smallest absolute Gasteiger partial charge is 0.235 e. The van der Waals surface area contributed by atoms with Gasteiger partial charge in [-0.2, -0.15) is 0 Å². The van der Waals surface area contributed by atoms with E-state index in [9.17, 15) is 0 Å². The van der Waals surface area contributed by atoms with Crippen molar-refractivity contribution in [2.24, 2.45) is 0 Å². The van der Waals surface area contributed by atoms with Crippen molar-refractivity contribution in [2.45, 2.75) is 0 Å². The molecular weight excluding hydrogens is 731 g/mol. The van der Waals surface area contributed by atoms with Crippen molar-refractivity contribution < 1.29 is 0 Å². The molecule has 0 radical (unpaired) electrons. The summed E-state index contributed by atoms with van der Waals surface area (Å²) < 4.78 is 7.21. The Hall–Kier alpha value is -6.92. The molecule has 4 heterocycles. The fourth-order valence-corrected chi connectivity index (χ4v) is 11.8. The lowest BCUT2D eigenvalue weighted by Gasteiger charge is -2.15. The van der Waals surface area contributed by atoms with Gasteiger partial charge in [0.2, 0.25) is 5.95 Å². The highest BCUT2D eigenvalue weighted by atomic mass is 32.1. The van der Waals surface area contributed by atoms with E-state index in [4.69, 9.17) is 9.97 Å². The maximum Gasteiger partial charge on any atom is 0.235 e. The predicted molar refractivity (Wildman–Crippen MR) is 246 cm³/mol. The predicted octanol–water partition coefficient (Wildman–Crippen LogP) is 15.1. The summed E-state index contributed by atoms with van der Waals surface area (Å²) >= 11 is 3.65. The van der Waals surface area contributed by atoms with Crippen molar-refractivity contribution in [1.82, 2.24) is 14.5 Å². The molecule has 13 aromatic rings. The van der Waals surface area contributed by atoms with Crippen LogP contribution in [0.4, 0.5) is 0 Å². The third kappa shape index (κ3) is 4.35. The fraction of sp³-hybridized carbons (Fsp3) is 0. The van der Waals surface area contributed by atoms with Gasteiger partial charge in [-0.3, -0.25) is 4.57 Å². The third-order valence-electron chi connectivity index (χ3n) is 11.8. The Bertz CT molecular complexity index is 3820. The van der Waals surface area contributed by atoms with Crippen LogP contribution in [0.1, 0.15) is 0 Å². The molecule has 0 N–H and O–H groups in total. The summed E-state index contributed by atoms with van der Waals surface area (Å²) in [6, 6.07) is 63.8. The maximum atomic E-state index is 5.66. The Morgan fingerprint density at radius 3 is 1.67 bits per heavy atom. The first-order chi connectivity index (χ1) is 28.3. The average Bonchev–Trinajstić information content (AvgIpc) is 3.96. The Labute approximate surface area is 334 Å². The topological polar surface area (TPSA) is 30.7 Å². The standard InChI is InChI=1S/C52H29N3S2/c1-2-15-30(16-3-1)31-17-14-18-32(29-31)47-51-48(39-25-10-13-28-42(39)57-51)54-52(53-47)55-40-26-11-8-23-37(40)45-43-35-21-6-4-19-33(35)34-20-5-7-22-36(34)44(43)46-38-24-9-12-27-41(38)56-50(46)49(45)55/h1-29H. The van der Waals surface area contributed by atoms with E-state index >= 15 is 0 Å². The number of hydrogen-bond donors (Lipinski definition) is 0. The Morgan fingerprint density at radius 2 is 0.912 bits per heavy atom. The summed E-state index contributed by atoms with van der Waals surface area (Å²) in [5, 5.41) is 13.8. The van der Waals surface area contributed by atoms with Crippen molar-refractivity contribution in [3.05, 3.63) is 176 Å². The molecule has 0 aliphatic rings. The van der Waals surface area contributed by atoms with Crippen LogP contribution in [0.15, 0.2) is 176 Å². The summed E-state index contributed by atoms with van der Waals surface area (Å²) in [4.78, 5) is 11.3. The summed E-state index contributed by atoms with van der Waals surface area (Å²) in [5.41, 5.74) is 7.61. The lowest BCUT2D eigenvalue weighted by molar-refractivity contribution is 1.02. The molecule has 0 amide bonds. The number of aromatic nitrogens is 3. The summed E-state index contributed by atoms with van der Waals surface area (Å²) in [6.07, 6.45) is 0. The van der Waals surface area contributed by atoms with E-state index in [1.54, 1.807) is 11.3 Å². The van der Waals surface area contributed by atoms with E-state index in [0.717, 1.165) is 43.5 Å². The van der Waals surface area contributed by atoms with Crippen LogP contribution in [-0.2, 0) is 0 Å². The van der Waals surface area contributed by atoms with Gasteiger partial charge in [0.1, 0.15) is 0 Å². The van der Waals surface area contributed by atoms with Crippen molar-refractivity contribution >= 4 is 117 Å². The van der Waals surface area contributed by atoms with Gasteiger partial charge in [-0.05, 0) is 56.9 Å². The number of fused-ring (bicyclic) bond motifs is 18. The van der Waals surface area contributed by atoms with Crippen LogP contribution in [0, 0.1) is 0 Å². The molecule has 13 rings (SSSR count). The number of hydrogen-bond acceptors (Lipinski definition) is 4. The van der Waals surface area contributed by atoms with E-state index in [1.165, 1.54) is 73.5 Å². The van der Waals surface area contributed by atoms with Gasteiger partial charge in [0, 0.05) is 52.7 Å². The summed E-state index contributed by atoms with van der Waals surface area (Å²) in [5.74, 6) is 0.681. The molecule has 4 aromatic heterocycles. The Balaban J connectivity index is 1.26. The number of nitrogens with zero attached hydrogens (tertiary/aromatic N) is 3. The molecule has 0 bridgehead atoms. The highest BCUT2D eigenvalue weighted by molar-refractivity contribution is 7.27. The minimum atomic E-state index is 0.681. The summed E-state index contributed by atoms with van der Waals surface area (Å²) in [7, 11) is 0. The van der Waals surface area contributed by atoms with Gasteiger partial charge in [-0.25, -0.2) is 9.97 Å². The number of para-hydroxylation sites is 1. The zero-order valence-corrected chi connectivity index (χ0v) is 32.0. The second-order valence-electron chi connectivity index (χ2n) is 14.8. The van der Waals surface area contributed by atoms with E-state index in [2.05, 4.69) is 180 Å². The maximum absolute atomic E-state index is 5.66. The minimum absolute atomic E-state index is 0.681. The number of benzene rings is 9. The molecule has 0 unspecified atom stereocenters. The van der Waals surface area contributed by atoms with E-state index in [1.807, 2.05) is 11.3 Å². The lowest BCUT2D eigenvalue weighted by atomic mass is 9.89. The summed E-state index contributed by atoms with van der Waals surface area (Å²) in [6.45, 7) is 0. The molecule has 3 nitrogen and oxygen atoms in total. The van der Waals surface area contributed by atoms with Gasteiger partial charge >= 0.3 is 0 Å². The van der Waals surface area contributed by atoms with Gasteiger partial charge in [-0.1, -0.05) is 152 Å². The Morgan fingerprint density at radius 1 is 0.368 bits per heavy atom. The first-order valence-corrected chi connectivity index (χ1v) is 20.9. The molecule has 57 heavy (non-hydrogen) atoms. The van der Waals surface area contributed by atoms with Crippen LogP contribution in [-0.4, -0.2) is 14.5 Å². The van der Waals surface area contributed by atoms with E-state index in [-0.39, 0.29) is 0 Å². The zero-order chi connectivity index (χ0) is 37.2. The number of thiophene rings is 2. The van der Waals surface area contributed by atoms with Crippen molar-refractivity contribution in [2.75, 3.05) is 0 Å². The highest BCUT2D eigenvalue weighted by Crippen LogP contribution is 2.52. The van der Waals surface area contributed by atoms with E-state index in [0.29, 0.717) is 5.95 Å². The second-order valence-corrected chi connectivity index (χ2v) is 16.9. The first kappa shape index (κ1) is 31.3. The molecule has 0 atom stereocenters. The molecule has 0 spiro atoms. The van der Waals surface area contributed by atoms with Gasteiger partial charge in [0.05, 0.1) is 31.6 Å². The van der Waals surface area contributed by atoms with Crippen LogP contribution in [0.5, 0.6) is 0 Å². The van der Waals surface area contributed by atoms with Crippen LogP contribution in [0.25, 0.3) is 123 Å². The molecule has 9 aromatic carbocycles. The van der Waals surface area contributed by atoms with Crippen LogP contribution >= 0.6 is 22.7 Å². The van der Waals surface area contributed by atoms with Gasteiger partial charge in [0.15, 0.2) is 0 Å². The Kier molecular flexibility index (Phi) is 6.48. The molecule has 0 fully saturated rings.